The van der Waals surface area contributed by atoms with E-state index in [9.17, 15) is 4.79 Å². The molecule has 0 aliphatic carbocycles. The Morgan fingerprint density at radius 2 is 2.06 bits per heavy atom. The van der Waals surface area contributed by atoms with E-state index in [2.05, 4.69) is 40.9 Å². The summed E-state index contributed by atoms with van der Waals surface area (Å²) in [4.78, 5) is 28.4. The average Bonchev–Trinajstić information content (AvgIpc) is 2.86. The highest BCUT2D eigenvalue weighted by molar-refractivity contribution is 5.77. The lowest BCUT2D eigenvalue weighted by atomic mass is 9.97. The van der Waals surface area contributed by atoms with Crippen molar-refractivity contribution in [2.24, 2.45) is 12.8 Å². The molecule has 0 unspecified atom stereocenters. The van der Waals surface area contributed by atoms with Crippen molar-refractivity contribution in [3.63, 3.8) is 0 Å². The van der Waals surface area contributed by atoms with E-state index in [1.54, 1.807) is 30.1 Å². The number of aryl methyl sites for hydroxylation is 1. The predicted octanol–water partition coefficient (Wildman–Crippen LogP) is 3.98. The van der Waals surface area contributed by atoms with Gasteiger partial charge in [0.1, 0.15) is 5.82 Å². The minimum Gasteiger partial charge on any atom is -0.404 e. The number of hydrogen-bond donors (Lipinski definition) is 1. The van der Waals surface area contributed by atoms with Gasteiger partial charge in [0, 0.05) is 79.4 Å². The van der Waals surface area contributed by atoms with Gasteiger partial charge in [0.05, 0.1) is 5.69 Å². The molecule has 2 N–H and O–H groups in total. The third-order valence-electron chi connectivity index (χ3n) is 6.24. The Morgan fingerprint density at radius 1 is 1.23 bits per heavy atom. The van der Waals surface area contributed by atoms with Crippen molar-refractivity contribution in [2.75, 3.05) is 6.54 Å². The summed E-state index contributed by atoms with van der Waals surface area (Å²) in [6.45, 7) is 7.68. The molecule has 0 fully saturated rings. The molecule has 1 aliphatic rings. The van der Waals surface area contributed by atoms with Crippen LogP contribution in [-0.4, -0.2) is 31.0 Å². The minimum absolute atomic E-state index is 0.0558. The number of rotatable bonds is 6. The van der Waals surface area contributed by atoms with Crippen LogP contribution >= 0.6 is 0 Å². The maximum atomic E-state index is 12.2. The van der Waals surface area contributed by atoms with E-state index in [-0.39, 0.29) is 5.56 Å². The second-order valence-corrected chi connectivity index (χ2v) is 8.77. The molecule has 0 saturated carbocycles. The SMILES string of the molecule is CC/C=C(/C(C)=C\c1nc(C)cc(=O)n1C)N1CCc2ncc(/C(=C/N)c3ccccn3)cc2C1. The number of nitrogens with two attached hydrogens (primary N) is 1. The average molecular weight is 469 g/mol. The first-order valence-corrected chi connectivity index (χ1v) is 11.9. The summed E-state index contributed by atoms with van der Waals surface area (Å²) in [5, 5.41) is 0. The maximum Gasteiger partial charge on any atom is 0.253 e. The van der Waals surface area contributed by atoms with Crippen molar-refractivity contribution in [1.82, 2.24) is 24.4 Å². The van der Waals surface area contributed by atoms with Crippen LogP contribution in [0.5, 0.6) is 0 Å². The number of allylic oxidation sites excluding steroid dienone is 2. The van der Waals surface area contributed by atoms with Crippen molar-refractivity contribution in [3.05, 3.63) is 111 Å². The molecule has 0 spiro atoms. The molecule has 3 aromatic rings. The molecule has 180 valence electrons. The summed E-state index contributed by atoms with van der Waals surface area (Å²) in [7, 11) is 1.76. The van der Waals surface area contributed by atoms with Gasteiger partial charge in [0.25, 0.3) is 5.56 Å². The lowest BCUT2D eigenvalue weighted by molar-refractivity contribution is 0.324. The molecular formula is C28H32N6O. The van der Waals surface area contributed by atoms with Crippen LogP contribution in [0, 0.1) is 6.92 Å². The monoisotopic (exact) mass is 468 g/mol. The minimum atomic E-state index is -0.0558. The van der Waals surface area contributed by atoms with Gasteiger partial charge in [0.15, 0.2) is 0 Å². The van der Waals surface area contributed by atoms with E-state index in [0.29, 0.717) is 5.82 Å². The first-order chi connectivity index (χ1) is 16.9. The van der Waals surface area contributed by atoms with Gasteiger partial charge in [-0.1, -0.05) is 19.1 Å². The third-order valence-corrected chi connectivity index (χ3v) is 6.24. The van der Waals surface area contributed by atoms with E-state index in [1.165, 1.54) is 5.56 Å². The zero-order valence-corrected chi connectivity index (χ0v) is 20.8. The Bertz CT molecular complexity index is 1370. The van der Waals surface area contributed by atoms with Crippen LogP contribution in [0.3, 0.4) is 0 Å². The smallest absolute Gasteiger partial charge is 0.253 e. The Kier molecular flexibility index (Phi) is 7.25. The Hall–Kier alpha value is -4.00. The molecule has 4 heterocycles. The van der Waals surface area contributed by atoms with Gasteiger partial charge in [0.2, 0.25) is 0 Å². The summed E-state index contributed by atoms with van der Waals surface area (Å²) in [6.07, 6.45) is 11.2. The number of pyridine rings is 2. The number of fused-ring (bicyclic) bond motifs is 1. The van der Waals surface area contributed by atoms with Crippen molar-refractivity contribution in [2.45, 2.75) is 40.2 Å². The van der Waals surface area contributed by atoms with E-state index in [4.69, 9.17) is 10.7 Å². The van der Waals surface area contributed by atoms with Crippen LogP contribution in [0.1, 0.15) is 54.3 Å². The van der Waals surface area contributed by atoms with Crippen molar-refractivity contribution in [1.29, 1.82) is 0 Å². The highest BCUT2D eigenvalue weighted by atomic mass is 16.1. The molecule has 3 aromatic heterocycles. The lowest BCUT2D eigenvalue weighted by Gasteiger charge is -2.33. The number of aromatic nitrogens is 4. The predicted molar refractivity (Wildman–Crippen MR) is 140 cm³/mol. The summed E-state index contributed by atoms with van der Waals surface area (Å²) in [5.41, 5.74) is 13.8. The van der Waals surface area contributed by atoms with Crippen LogP contribution in [0.4, 0.5) is 0 Å². The molecule has 4 rings (SSSR count). The largest absolute Gasteiger partial charge is 0.404 e. The van der Waals surface area contributed by atoms with Crippen LogP contribution < -0.4 is 11.3 Å². The molecule has 0 amide bonds. The van der Waals surface area contributed by atoms with Crippen LogP contribution in [0.15, 0.2) is 71.1 Å². The first-order valence-electron chi connectivity index (χ1n) is 11.9. The Labute approximate surface area is 206 Å². The fourth-order valence-corrected chi connectivity index (χ4v) is 4.44. The van der Waals surface area contributed by atoms with Crippen molar-refractivity contribution >= 4 is 11.6 Å². The molecule has 7 heteroatoms. The van der Waals surface area contributed by atoms with E-state index < -0.39 is 0 Å². The zero-order chi connectivity index (χ0) is 24.9. The molecule has 0 atom stereocenters. The molecular weight excluding hydrogens is 436 g/mol. The van der Waals surface area contributed by atoms with Crippen LogP contribution in [-0.2, 0) is 20.0 Å². The first kappa shape index (κ1) is 24.1. The van der Waals surface area contributed by atoms with Gasteiger partial charge < -0.3 is 10.6 Å². The highest BCUT2D eigenvalue weighted by Crippen LogP contribution is 2.28. The van der Waals surface area contributed by atoms with Gasteiger partial charge in [-0.25, -0.2) is 4.98 Å². The number of nitrogens with zero attached hydrogens (tertiary/aromatic N) is 5. The Morgan fingerprint density at radius 3 is 2.77 bits per heavy atom. The second-order valence-electron chi connectivity index (χ2n) is 8.77. The topological polar surface area (TPSA) is 89.9 Å². The van der Waals surface area contributed by atoms with Gasteiger partial charge in [-0.05, 0) is 55.7 Å². The van der Waals surface area contributed by atoms with Gasteiger partial charge in [-0.15, -0.1) is 0 Å². The highest BCUT2D eigenvalue weighted by Gasteiger charge is 2.21. The normalized spacial score (nSPS) is 14.7. The lowest BCUT2D eigenvalue weighted by Crippen LogP contribution is -2.31. The molecule has 0 radical (unpaired) electrons. The number of hydrogen-bond acceptors (Lipinski definition) is 6. The van der Waals surface area contributed by atoms with Crippen LogP contribution in [0.25, 0.3) is 11.6 Å². The van der Waals surface area contributed by atoms with Crippen molar-refractivity contribution < 1.29 is 0 Å². The van der Waals surface area contributed by atoms with E-state index in [1.807, 2.05) is 37.4 Å². The maximum absolute atomic E-state index is 12.2. The van der Waals surface area contributed by atoms with Gasteiger partial charge in [-0.3, -0.25) is 19.3 Å². The molecule has 0 bridgehead atoms. The molecule has 0 aromatic carbocycles. The Balaban J connectivity index is 1.65. The fourth-order valence-electron chi connectivity index (χ4n) is 4.44. The van der Waals surface area contributed by atoms with E-state index >= 15 is 0 Å². The second kappa shape index (κ2) is 10.5. The van der Waals surface area contributed by atoms with Crippen molar-refractivity contribution in [3.8, 4) is 0 Å². The van der Waals surface area contributed by atoms with Gasteiger partial charge >= 0.3 is 0 Å². The third kappa shape index (κ3) is 5.24. The van der Waals surface area contributed by atoms with Crippen LogP contribution in [0.2, 0.25) is 0 Å². The standard InChI is InChI=1S/C28H32N6O/c1-5-8-26(19(2)13-27-32-20(3)14-28(35)33(27)4)34-12-10-24-22(18-34)15-21(17-31-24)23(16-29)25-9-6-7-11-30-25/h6-9,11,13-17H,5,10,12,18,29H2,1-4H3/b19-13-,23-16-,26-8-. The summed E-state index contributed by atoms with van der Waals surface area (Å²) in [6, 6.07) is 9.53. The molecule has 0 saturated heterocycles. The molecule has 7 nitrogen and oxygen atoms in total. The molecule has 1 aliphatic heterocycles. The quantitative estimate of drug-likeness (QED) is 0.551. The summed E-state index contributed by atoms with van der Waals surface area (Å²) >= 11 is 0. The zero-order valence-electron chi connectivity index (χ0n) is 20.8. The fraction of sp³-hybridized carbons (Fsp3) is 0.286. The van der Waals surface area contributed by atoms with E-state index in [0.717, 1.165) is 65.4 Å². The summed E-state index contributed by atoms with van der Waals surface area (Å²) < 4.78 is 1.58. The van der Waals surface area contributed by atoms with Gasteiger partial charge in [-0.2, -0.15) is 0 Å². The molecule has 35 heavy (non-hydrogen) atoms. The summed E-state index contributed by atoms with van der Waals surface area (Å²) in [5.74, 6) is 0.656.